The lowest BCUT2D eigenvalue weighted by molar-refractivity contribution is 0.625. The first-order valence-electron chi connectivity index (χ1n) is 4.72. The predicted molar refractivity (Wildman–Crippen MR) is 60.2 cm³/mol. The number of hydrogen-bond acceptors (Lipinski definition) is 4. The fourth-order valence-electron chi connectivity index (χ4n) is 1.49. The molecule has 2 aromatic rings. The van der Waals surface area contributed by atoms with Crippen molar-refractivity contribution in [3.8, 4) is 5.69 Å². The molecule has 84 valence electrons. The summed E-state index contributed by atoms with van der Waals surface area (Å²) in [5.74, 6) is 0.245. The summed E-state index contributed by atoms with van der Waals surface area (Å²) in [7, 11) is 0. The third-order valence-electron chi connectivity index (χ3n) is 2.31. The molecule has 0 saturated carbocycles. The zero-order chi connectivity index (χ0) is 11.7. The van der Waals surface area contributed by atoms with E-state index in [2.05, 4.69) is 5.10 Å². The van der Waals surface area contributed by atoms with Gasteiger partial charge in [0.25, 0.3) is 0 Å². The topological polar surface area (TPSA) is 95.9 Å². The summed E-state index contributed by atoms with van der Waals surface area (Å²) < 4.78 is 14.4. The molecular formula is C10H12FN5. The van der Waals surface area contributed by atoms with E-state index in [1.165, 1.54) is 16.8 Å². The highest BCUT2D eigenvalue weighted by atomic mass is 19.1. The van der Waals surface area contributed by atoms with Crippen molar-refractivity contribution in [2.24, 2.45) is 5.73 Å². The molecule has 6 heteroatoms. The van der Waals surface area contributed by atoms with Crippen LogP contribution in [-0.4, -0.2) is 9.78 Å². The third kappa shape index (κ3) is 1.59. The minimum atomic E-state index is -0.361. The lowest BCUT2D eigenvalue weighted by atomic mass is 10.3. The second-order valence-corrected chi connectivity index (χ2v) is 3.34. The molecule has 5 nitrogen and oxygen atoms in total. The predicted octanol–water partition coefficient (Wildman–Crippen LogP) is 0.634. The Hall–Kier alpha value is -2.08. The Labute approximate surface area is 91.6 Å². The van der Waals surface area contributed by atoms with Gasteiger partial charge < -0.3 is 17.2 Å². The van der Waals surface area contributed by atoms with Crippen molar-refractivity contribution < 1.29 is 4.39 Å². The van der Waals surface area contributed by atoms with Crippen LogP contribution in [0.2, 0.25) is 0 Å². The third-order valence-corrected chi connectivity index (χ3v) is 2.31. The van der Waals surface area contributed by atoms with E-state index in [1.807, 2.05) is 0 Å². The van der Waals surface area contributed by atoms with Crippen LogP contribution in [0.4, 0.5) is 16.0 Å². The molecular weight excluding hydrogens is 209 g/mol. The van der Waals surface area contributed by atoms with Crippen LogP contribution in [0, 0.1) is 5.82 Å². The van der Waals surface area contributed by atoms with Crippen molar-refractivity contribution in [1.29, 1.82) is 0 Å². The van der Waals surface area contributed by atoms with E-state index < -0.39 is 0 Å². The fourth-order valence-corrected chi connectivity index (χ4v) is 1.49. The molecule has 0 saturated heterocycles. The standard InChI is InChI=1S/C10H12FN5/c11-6-2-1-3-7(4-6)16-10(14)8(5-12)9(13)15-16/h1-4H,5,12,14H2,(H2,13,15). The molecule has 0 amide bonds. The Bertz CT molecular complexity index is 520. The molecule has 0 bridgehead atoms. The summed E-state index contributed by atoms with van der Waals surface area (Å²) in [6.07, 6.45) is 0. The van der Waals surface area contributed by atoms with Gasteiger partial charge >= 0.3 is 0 Å². The molecule has 0 aliphatic heterocycles. The molecule has 1 aromatic heterocycles. The molecule has 6 N–H and O–H groups in total. The maximum Gasteiger partial charge on any atom is 0.152 e. The van der Waals surface area contributed by atoms with Gasteiger partial charge in [0.2, 0.25) is 0 Å². The van der Waals surface area contributed by atoms with Gasteiger partial charge in [0.15, 0.2) is 5.82 Å². The minimum Gasteiger partial charge on any atom is -0.383 e. The number of anilines is 2. The Balaban J connectivity index is 2.56. The highest BCUT2D eigenvalue weighted by Gasteiger charge is 2.13. The SMILES string of the molecule is NCc1c(N)nn(-c2cccc(F)c2)c1N. The molecule has 2 rings (SSSR count). The van der Waals surface area contributed by atoms with Gasteiger partial charge in [-0.25, -0.2) is 9.07 Å². The van der Waals surface area contributed by atoms with Gasteiger partial charge in [-0.15, -0.1) is 5.10 Å². The van der Waals surface area contributed by atoms with Gasteiger partial charge in [0, 0.05) is 6.54 Å². The van der Waals surface area contributed by atoms with Crippen LogP contribution < -0.4 is 17.2 Å². The average molecular weight is 221 g/mol. The molecule has 16 heavy (non-hydrogen) atoms. The smallest absolute Gasteiger partial charge is 0.152 e. The first-order chi connectivity index (χ1) is 7.63. The molecule has 1 heterocycles. The van der Waals surface area contributed by atoms with Crippen molar-refractivity contribution >= 4 is 11.6 Å². The maximum atomic E-state index is 13.0. The first kappa shape index (κ1) is 10.4. The van der Waals surface area contributed by atoms with E-state index in [0.29, 0.717) is 17.1 Å². The highest BCUT2D eigenvalue weighted by Crippen LogP contribution is 2.22. The van der Waals surface area contributed by atoms with Gasteiger partial charge in [0.1, 0.15) is 11.6 Å². The van der Waals surface area contributed by atoms with E-state index in [9.17, 15) is 4.39 Å². The number of nitrogen functional groups attached to an aromatic ring is 2. The zero-order valence-electron chi connectivity index (χ0n) is 8.52. The van der Waals surface area contributed by atoms with Crippen molar-refractivity contribution in [3.63, 3.8) is 0 Å². The zero-order valence-corrected chi connectivity index (χ0v) is 8.52. The van der Waals surface area contributed by atoms with Crippen LogP contribution in [0.5, 0.6) is 0 Å². The quantitative estimate of drug-likeness (QED) is 0.693. The second kappa shape index (κ2) is 3.82. The monoisotopic (exact) mass is 221 g/mol. The van der Waals surface area contributed by atoms with Gasteiger partial charge in [-0.2, -0.15) is 0 Å². The van der Waals surface area contributed by atoms with E-state index >= 15 is 0 Å². The van der Waals surface area contributed by atoms with E-state index in [-0.39, 0.29) is 18.2 Å². The van der Waals surface area contributed by atoms with Gasteiger partial charge in [-0.05, 0) is 18.2 Å². The summed E-state index contributed by atoms with van der Waals surface area (Å²) >= 11 is 0. The normalized spacial score (nSPS) is 10.6. The maximum absolute atomic E-state index is 13.0. The summed E-state index contributed by atoms with van der Waals surface area (Å²) in [5.41, 5.74) is 18.0. The van der Waals surface area contributed by atoms with E-state index in [0.717, 1.165) is 0 Å². The van der Waals surface area contributed by atoms with Gasteiger partial charge in [0.05, 0.1) is 11.3 Å². The molecule has 0 fully saturated rings. The second-order valence-electron chi connectivity index (χ2n) is 3.34. The summed E-state index contributed by atoms with van der Waals surface area (Å²) in [5, 5.41) is 4.02. The molecule has 0 aliphatic rings. The van der Waals surface area contributed by atoms with Gasteiger partial charge in [-0.3, -0.25) is 0 Å². The molecule has 0 radical (unpaired) electrons. The minimum absolute atomic E-state index is 0.201. The molecule has 0 atom stereocenters. The van der Waals surface area contributed by atoms with Crippen LogP contribution in [0.25, 0.3) is 5.69 Å². The van der Waals surface area contributed by atoms with E-state index in [1.54, 1.807) is 12.1 Å². The number of hydrogen-bond donors (Lipinski definition) is 3. The Kier molecular flexibility index (Phi) is 2.49. The van der Waals surface area contributed by atoms with Crippen LogP contribution in [-0.2, 0) is 6.54 Å². The lowest BCUT2D eigenvalue weighted by Crippen LogP contribution is -2.05. The van der Waals surface area contributed by atoms with Crippen molar-refractivity contribution in [1.82, 2.24) is 9.78 Å². The number of benzene rings is 1. The molecule has 1 aromatic carbocycles. The highest BCUT2D eigenvalue weighted by molar-refractivity contribution is 5.57. The number of nitrogens with zero attached hydrogens (tertiary/aromatic N) is 2. The Morgan fingerprint density at radius 3 is 2.62 bits per heavy atom. The number of nitrogens with two attached hydrogens (primary N) is 3. The summed E-state index contributed by atoms with van der Waals surface area (Å²) in [6.45, 7) is 0.201. The van der Waals surface area contributed by atoms with Crippen LogP contribution >= 0.6 is 0 Å². The van der Waals surface area contributed by atoms with Crippen LogP contribution in [0.1, 0.15) is 5.56 Å². The Morgan fingerprint density at radius 2 is 2.06 bits per heavy atom. The molecule has 0 unspecified atom stereocenters. The van der Waals surface area contributed by atoms with Crippen molar-refractivity contribution in [3.05, 3.63) is 35.6 Å². The fraction of sp³-hybridized carbons (Fsp3) is 0.100. The number of aromatic nitrogens is 2. The van der Waals surface area contributed by atoms with Crippen molar-refractivity contribution in [2.75, 3.05) is 11.5 Å². The lowest BCUT2D eigenvalue weighted by Gasteiger charge is -2.03. The molecule has 0 spiro atoms. The van der Waals surface area contributed by atoms with Crippen LogP contribution in [0.15, 0.2) is 24.3 Å². The summed E-state index contributed by atoms with van der Waals surface area (Å²) in [6, 6.07) is 5.93. The Morgan fingerprint density at radius 1 is 1.31 bits per heavy atom. The largest absolute Gasteiger partial charge is 0.383 e. The number of rotatable bonds is 2. The number of halogens is 1. The molecule has 0 aliphatic carbocycles. The average Bonchev–Trinajstić information content (AvgIpc) is 2.54. The van der Waals surface area contributed by atoms with Gasteiger partial charge in [-0.1, -0.05) is 6.07 Å². The first-order valence-corrected chi connectivity index (χ1v) is 4.72. The van der Waals surface area contributed by atoms with E-state index in [4.69, 9.17) is 17.2 Å². The van der Waals surface area contributed by atoms with Crippen molar-refractivity contribution in [2.45, 2.75) is 6.54 Å². The summed E-state index contributed by atoms with van der Waals surface area (Å²) in [4.78, 5) is 0. The van der Waals surface area contributed by atoms with Crippen LogP contribution in [0.3, 0.4) is 0 Å².